The predicted octanol–water partition coefficient (Wildman–Crippen LogP) is 2.84. The number of carbonyl (C=O) groups is 2. The molecular weight excluding hydrogens is 470 g/mol. The molecule has 1 aliphatic heterocycles. The molecule has 2 N–H and O–H groups in total. The van der Waals surface area contributed by atoms with Crippen LogP contribution in [-0.2, 0) is 9.47 Å². The number of nitrogens with zero attached hydrogens (tertiary/aromatic N) is 4. The van der Waals surface area contributed by atoms with E-state index in [0.717, 1.165) is 0 Å². The van der Waals surface area contributed by atoms with E-state index in [1.165, 1.54) is 0 Å². The number of imidazole rings is 1. The molecule has 0 aromatic carbocycles. The normalized spacial score (nSPS) is 16.3. The lowest BCUT2D eigenvalue weighted by atomic mass is 9.91. The second-order valence-electron chi connectivity index (χ2n) is 8.54. The van der Waals surface area contributed by atoms with Gasteiger partial charge in [0.05, 0.1) is 12.2 Å². The summed E-state index contributed by atoms with van der Waals surface area (Å²) < 4.78 is 12.6. The number of amides is 1. The van der Waals surface area contributed by atoms with Crippen LogP contribution in [0.15, 0.2) is 17.0 Å². The van der Waals surface area contributed by atoms with Crippen LogP contribution in [0.3, 0.4) is 0 Å². The number of anilines is 1. The van der Waals surface area contributed by atoms with Crippen LogP contribution in [0.1, 0.15) is 51.0 Å². The van der Waals surface area contributed by atoms with Crippen molar-refractivity contribution in [2.24, 2.45) is 0 Å². The summed E-state index contributed by atoms with van der Waals surface area (Å²) in [5, 5.41) is 14.1. The van der Waals surface area contributed by atoms with Crippen molar-refractivity contribution in [2.75, 3.05) is 31.6 Å². The van der Waals surface area contributed by atoms with Crippen LogP contribution in [0, 0.1) is 0 Å². The Morgan fingerprint density at radius 2 is 1.94 bits per heavy atom. The molecule has 2 aromatic rings. The van der Waals surface area contributed by atoms with E-state index in [-0.39, 0.29) is 24.9 Å². The molecule has 0 radical (unpaired) electrons. The molecule has 31 heavy (non-hydrogen) atoms. The fourth-order valence-electron chi connectivity index (χ4n) is 3.25. The molecule has 11 heteroatoms. The molecule has 1 aliphatic rings. The highest BCUT2D eigenvalue weighted by atomic mass is 79.9. The molecule has 1 amide bonds. The van der Waals surface area contributed by atoms with Crippen LogP contribution in [0.25, 0.3) is 5.65 Å². The molecule has 10 nitrogen and oxygen atoms in total. The highest BCUT2D eigenvalue weighted by Crippen LogP contribution is 2.26. The summed E-state index contributed by atoms with van der Waals surface area (Å²) in [5.74, 6) is -0.0886. The first-order valence-corrected chi connectivity index (χ1v) is 11.0. The van der Waals surface area contributed by atoms with Gasteiger partial charge in [0.25, 0.3) is 0 Å². The van der Waals surface area contributed by atoms with Gasteiger partial charge in [0.15, 0.2) is 17.2 Å². The Labute approximate surface area is 189 Å². The third-order valence-corrected chi connectivity index (χ3v) is 5.21. The highest BCUT2D eigenvalue weighted by molar-refractivity contribution is 9.10. The van der Waals surface area contributed by atoms with E-state index >= 15 is 0 Å². The molecule has 2 aromatic heterocycles. The molecule has 1 saturated heterocycles. The molecule has 0 spiro atoms. The zero-order valence-electron chi connectivity index (χ0n) is 18.1. The average molecular weight is 498 g/mol. The van der Waals surface area contributed by atoms with Crippen LogP contribution in [0.5, 0.6) is 0 Å². The predicted molar refractivity (Wildman–Crippen MR) is 117 cm³/mol. The Hall–Kier alpha value is -2.40. The minimum Gasteiger partial charge on any atom is -0.461 e. The maximum Gasteiger partial charge on any atom is 0.410 e. The summed E-state index contributed by atoms with van der Waals surface area (Å²) in [6, 6.07) is 0. The van der Waals surface area contributed by atoms with Crippen molar-refractivity contribution in [1.29, 1.82) is 0 Å². The number of ether oxygens (including phenoxy) is 2. The first-order valence-electron chi connectivity index (χ1n) is 10.2. The summed E-state index contributed by atoms with van der Waals surface area (Å²) in [6.07, 6.45) is 3.67. The number of hydrogen-bond donors (Lipinski definition) is 2. The highest BCUT2D eigenvalue weighted by Gasteiger charge is 2.35. The van der Waals surface area contributed by atoms with Crippen LogP contribution in [0.2, 0.25) is 0 Å². The number of fused-ring (bicyclic) bond motifs is 1. The molecule has 0 bridgehead atoms. The van der Waals surface area contributed by atoms with Crippen LogP contribution in [0.4, 0.5) is 10.6 Å². The Bertz CT molecular complexity index is 963. The third-order valence-electron chi connectivity index (χ3n) is 4.82. The minimum absolute atomic E-state index is 0.175. The largest absolute Gasteiger partial charge is 0.461 e. The van der Waals surface area contributed by atoms with Crippen molar-refractivity contribution in [3.8, 4) is 0 Å². The van der Waals surface area contributed by atoms with Crippen molar-refractivity contribution in [2.45, 2.75) is 51.7 Å². The van der Waals surface area contributed by atoms with Crippen molar-refractivity contribution < 1.29 is 24.2 Å². The smallest absolute Gasteiger partial charge is 0.410 e. The van der Waals surface area contributed by atoms with Gasteiger partial charge in [-0.25, -0.2) is 19.6 Å². The third kappa shape index (κ3) is 5.85. The second-order valence-corrected chi connectivity index (χ2v) is 9.35. The number of esters is 1. The van der Waals surface area contributed by atoms with Crippen molar-refractivity contribution >= 4 is 39.5 Å². The van der Waals surface area contributed by atoms with E-state index in [1.54, 1.807) is 28.6 Å². The molecule has 0 saturated carbocycles. The maximum atomic E-state index is 12.2. The van der Waals surface area contributed by atoms with Crippen molar-refractivity contribution in [3.05, 3.63) is 22.7 Å². The molecule has 0 aliphatic carbocycles. The van der Waals surface area contributed by atoms with Crippen LogP contribution >= 0.6 is 15.9 Å². The lowest BCUT2D eigenvalue weighted by molar-refractivity contribution is -0.0245. The van der Waals surface area contributed by atoms with Gasteiger partial charge in [-0.1, -0.05) is 0 Å². The summed E-state index contributed by atoms with van der Waals surface area (Å²) in [5.41, 5.74) is -0.956. The van der Waals surface area contributed by atoms with E-state index in [9.17, 15) is 14.7 Å². The standard InChI is InChI=1S/C20H28BrN5O5/c1-5-30-17(27)13-10-26-11-14(21)24-15(16(26)23-13)22-12-20(29)6-8-25(9-7-20)18(28)31-19(2,3)4/h10-11,29H,5-9,12H2,1-4H3,(H,22,24). The van der Waals surface area contributed by atoms with Gasteiger partial charge in [0, 0.05) is 32.0 Å². The van der Waals surface area contributed by atoms with Gasteiger partial charge in [-0.2, -0.15) is 0 Å². The topological polar surface area (TPSA) is 118 Å². The van der Waals surface area contributed by atoms with Gasteiger partial charge in [-0.3, -0.25) is 0 Å². The summed E-state index contributed by atoms with van der Waals surface area (Å²) in [7, 11) is 0. The van der Waals surface area contributed by atoms with E-state index in [2.05, 4.69) is 31.2 Å². The Balaban J connectivity index is 1.67. The van der Waals surface area contributed by atoms with Gasteiger partial charge in [-0.15, -0.1) is 0 Å². The zero-order valence-corrected chi connectivity index (χ0v) is 19.7. The number of rotatable bonds is 5. The van der Waals surface area contributed by atoms with Crippen molar-refractivity contribution in [1.82, 2.24) is 19.3 Å². The Morgan fingerprint density at radius 1 is 1.26 bits per heavy atom. The van der Waals surface area contributed by atoms with Crippen molar-refractivity contribution in [3.63, 3.8) is 0 Å². The Morgan fingerprint density at radius 3 is 2.55 bits per heavy atom. The molecule has 170 valence electrons. The van der Waals surface area contributed by atoms with Crippen LogP contribution in [-0.4, -0.2) is 73.9 Å². The van der Waals surface area contributed by atoms with E-state index < -0.39 is 17.2 Å². The van der Waals surface area contributed by atoms with Gasteiger partial charge in [0.2, 0.25) is 0 Å². The van der Waals surface area contributed by atoms with E-state index in [1.807, 2.05) is 20.8 Å². The number of carbonyl (C=O) groups excluding carboxylic acids is 2. The van der Waals surface area contributed by atoms with Gasteiger partial charge in [0.1, 0.15) is 10.2 Å². The van der Waals surface area contributed by atoms with Gasteiger partial charge >= 0.3 is 12.1 Å². The number of piperidine rings is 1. The SMILES string of the molecule is CCOC(=O)c1cn2cc(Br)nc(NCC3(O)CCN(C(=O)OC(C)(C)C)CC3)c2n1. The minimum atomic E-state index is -1.02. The number of aromatic nitrogens is 3. The number of hydrogen-bond acceptors (Lipinski definition) is 8. The molecule has 0 atom stereocenters. The number of halogens is 1. The summed E-state index contributed by atoms with van der Waals surface area (Å²) >= 11 is 3.35. The van der Waals surface area contributed by atoms with E-state index in [0.29, 0.717) is 42.0 Å². The summed E-state index contributed by atoms with van der Waals surface area (Å²) in [6.45, 7) is 8.46. The fraction of sp³-hybridized carbons (Fsp3) is 0.600. The number of aliphatic hydroxyl groups is 1. The molecule has 0 unspecified atom stereocenters. The quantitative estimate of drug-likeness (QED) is 0.605. The lowest BCUT2D eigenvalue weighted by Gasteiger charge is -2.38. The van der Waals surface area contributed by atoms with Gasteiger partial charge < -0.3 is 29.2 Å². The lowest BCUT2D eigenvalue weighted by Crippen LogP contribution is -2.50. The first kappa shape index (κ1) is 23.3. The Kier molecular flexibility index (Phi) is 6.75. The number of likely N-dealkylation sites (tertiary alicyclic amines) is 1. The zero-order chi connectivity index (χ0) is 22.8. The van der Waals surface area contributed by atoms with E-state index in [4.69, 9.17) is 9.47 Å². The first-order chi connectivity index (χ1) is 14.5. The summed E-state index contributed by atoms with van der Waals surface area (Å²) in [4.78, 5) is 34.6. The molecular formula is C20H28BrN5O5. The molecule has 1 fully saturated rings. The van der Waals surface area contributed by atoms with Gasteiger partial charge in [-0.05, 0) is 56.5 Å². The molecule has 3 heterocycles. The second kappa shape index (κ2) is 8.99. The average Bonchev–Trinajstić information content (AvgIpc) is 3.09. The fourth-order valence-corrected chi connectivity index (χ4v) is 3.64. The molecule has 3 rings (SSSR count). The maximum absolute atomic E-state index is 12.2. The van der Waals surface area contributed by atoms with Crippen LogP contribution < -0.4 is 5.32 Å². The monoisotopic (exact) mass is 497 g/mol. The number of nitrogens with one attached hydrogen (secondary N) is 1.